The van der Waals surface area contributed by atoms with Crippen molar-refractivity contribution in [1.82, 2.24) is 19.8 Å². The number of aromatic nitrogens is 2. The second-order valence-corrected chi connectivity index (χ2v) is 8.37. The molecule has 2 aliphatic rings. The molecule has 0 spiro atoms. The number of hydrogen-bond acceptors (Lipinski definition) is 7. The Balaban J connectivity index is 1.29. The van der Waals surface area contributed by atoms with Gasteiger partial charge in [0.15, 0.2) is 10.7 Å². The van der Waals surface area contributed by atoms with Crippen molar-refractivity contribution in [3.8, 4) is 0 Å². The molecule has 2 N–H and O–H groups in total. The molecule has 4 rings (SSSR count). The highest BCUT2D eigenvalue weighted by molar-refractivity contribution is 7.10. The fourth-order valence-electron chi connectivity index (χ4n) is 3.53. The van der Waals surface area contributed by atoms with Crippen LogP contribution in [-0.2, 0) is 4.74 Å². The third-order valence-corrected chi connectivity index (χ3v) is 6.05. The maximum atomic E-state index is 12.7. The van der Waals surface area contributed by atoms with Crippen LogP contribution in [0.2, 0.25) is 5.02 Å². The first-order valence-corrected chi connectivity index (χ1v) is 11.0. The summed E-state index contributed by atoms with van der Waals surface area (Å²) in [7, 11) is 0. The number of carbonyl (C=O) groups is 2. The number of anilines is 2. The van der Waals surface area contributed by atoms with Gasteiger partial charge in [-0.2, -0.15) is 0 Å². The predicted octanol–water partition coefficient (Wildman–Crippen LogP) is 2.45. The molecule has 1 aromatic heterocycles. The summed E-state index contributed by atoms with van der Waals surface area (Å²) in [5.41, 5.74) is 1.17. The van der Waals surface area contributed by atoms with Gasteiger partial charge in [0, 0.05) is 61.6 Å². The minimum absolute atomic E-state index is 0.0365. The molecule has 2 fully saturated rings. The molecule has 0 bridgehead atoms. The quantitative estimate of drug-likeness (QED) is 0.725. The Kier molecular flexibility index (Phi) is 6.66. The van der Waals surface area contributed by atoms with E-state index in [0.29, 0.717) is 42.7 Å². The highest BCUT2D eigenvalue weighted by atomic mass is 35.5. The topological polar surface area (TPSA) is 99.7 Å². The summed E-state index contributed by atoms with van der Waals surface area (Å²) in [6.07, 6.45) is 1.97. The van der Waals surface area contributed by atoms with E-state index in [4.69, 9.17) is 16.3 Å². The molecule has 1 atom stereocenters. The van der Waals surface area contributed by atoms with Crippen LogP contribution in [0, 0.1) is 0 Å². The van der Waals surface area contributed by atoms with Crippen LogP contribution >= 0.6 is 23.1 Å². The minimum atomic E-state index is -0.361. The van der Waals surface area contributed by atoms with Crippen molar-refractivity contribution in [2.75, 3.05) is 49.5 Å². The van der Waals surface area contributed by atoms with E-state index in [1.54, 1.807) is 4.90 Å². The number of piperazine rings is 1. The number of amides is 3. The molecule has 3 heterocycles. The molecular weight excluding hydrogens is 428 g/mol. The van der Waals surface area contributed by atoms with Crippen molar-refractivity contribution >= 4 is 45.8 Å². The molecule has 9 nitrogen and oxygen atoms in total. The number of carbonyl (C=O) groups excluding carboxylic acids is 2. The maximum absolute atomic E-state index is 12.7. The van der Waals surface area contributed by atoms with Crippen molar-refractivity contribution in [2.45, 2.75) is 18.9 Å². The van der Waals surface area contributed by atoms with Gasteiger partial charge in [-0.1, -0.05) is 22.2 Å². The molecule has 11 heteroatoms. The van der Waals surface area contributed by atoms with Gasteiger partial charge in [-0.15, -0.1) is 5.10 Å². The zero-order chi connectivity index (χ0) is 20.9. The van der Waals surface area contributed by atoms with E-state index in [1.165, 1.54) is 0 Å². The van der Waals surface area contributed by atoms with Crippen LogP contribution in [-0.4, -0.2) is 71.9 Å². The largest absolute Gasteiger partial charge is 0.376 e. The maximum Gasteiger partial charge on any atom is 0.322 e. The SMILES string of the molecule is O=C(NCC1CCCO1)c1nnsc1NC(=O)N1CCN(c2cccc(Cl)c2)CC1. The van der Waals surface area contributed by atoms with Crippen molar-refractivity contribution in [3.05, 3.63) is 35.0 Å². The number of halogens is 1. The number of benzene rings is 1. The summed E-state index contributed by atoms with van der Waals surface area (Å²) in [5.74, 6) is -0.361. The van der Waals surface area contributed by atoms with E-state index >= 15 is 0 Å². The van der Waals surface area contributed by atoms with E-state index in [1.807, 2.05) is 24.3 Å². The molecular formula is C19H23ClN6O3S. The Morgan fingerprint density at radius 1 is 1.27 bits per heavy atom. The summed E-state index contributed by atoms with van der Waals surface area (Å²) in [6.45, 7) is 3.67. The minimum Gasteiger partial charge on any atom is -0.376 e. The number of rotatable bonds is 5. The van der Waals surface area contributed by atoms with Gasteiger partial charge in [-0.05, 0) is 31.0 Å². The average Bonchev–Trinajstić information content (AvgIpc) is 3.44. The van der Waals surface area contributed by atoms with Crippen LogP contribution in [0.25, 0.3) is 0 Å². The molecule has 1 aromatic carbocycles. The third-order valence-electron chi connectivity index (χ3n) is 5.18. The molecule has 2 aromatic rings. The van der Waals surface area contributed by atoms with Gasteiger partial charge in [0.1, 0.15) is 0 Å². The summed E-state index contributed by atoms with van der Waals surface area (Å²) < 4.78 is 9.33. The molecule has 30 heavy (non-hydrogen) atoms. The fourth-order valence-corrected chi connectivity index (χ4v) is 4.28. The van der Waals surface area contributed by atoms with E-state index in [0.717, 1.165) is 36.7 Å². The van der Waals surface area contributed by atoms with Gasteiger partial charge in [-0.25, -0.2) is 4.79 Å². The van der Waals surface area contributed by atoms with Crippen LogP contribution in [0.1, 0.15) is 23.3 Å². The molecule has 1 unspecified atom stereocenters. The van der Waals surface area contributed by atoms with Crippen LogP contribution in [0.5, 0.6) is 0 Å². The Morgan fingerprint density at radius 3 is 2.83 bits per heavy atom. The Hall–Kier alpha value is -2.43. The predicted molar refractivity (Wildman–Crippen MR) is 115 cm³/mol. The Morgan fingerprint density at radius 2 is 2.10 bits per heavy atom. The van der Waals surface area contributed by atoms with Crippen LogP contribution in [0.3, 0.4) is 0 Å². The summed E-state index contributed by atoms with van der Waals surface area (Å²) in [5, 5.41) is 10.5. The second-order valence-electron chi connectivity index (χ2n) is 7.18. The molecule has 0 aliphatic carbocycles. The number of ether oxygens (including phenoxy) is 1. The number of nitrogens with zero attached hydrogens (tertiary/aromatic N) is 4. The highest BCUT2D eigenvalue weighted by Crippen LogP contribution is 2.22. The summed E-state index contributed by atoms with van der Waals surface area (Å²) >= 11 is 7.06. The van der Waals surface area contributed by atoms with Gasteiger partial charge < -0.3 is 19.9 Å². The van der Waals surface area contributed by atoms with Crippen LogP contribution in [0.4, 0.5) is 15.5 Å². The Bertz CT molecular complexity index is 896. The van der Waals surface area contributed by atoms with Gasteiger partial charge >= 0.3 is 6.03 Å². The second kappa shape index (κ2) is 9.59. The van der Waals surface area contributed by atoms with Crippen molar-refractivity contribution < 1.29 is 14.3 Å². The lowest BCUT2D eigenvalue weighted by Gasteiger charge is -2.36. The molecule has 0 radical (unpaired) electrons. The van der Waals surface area contributed by atoms with Gasteiger partial charge in [0.2, 0.25) is 0 Å². The molecule has 3 amide bonds. The molecule has 160 valence electrons. The third kappa shape index (κ3) is 5.00. The van der Waals surface area contributed by atoms with Crippen LogP contribution < -0.4 is 15.5 Å². The zero-order valence-corrected chi connectivity index (χ0v) is 17.9. The van der Waals surface area contributed by atoms with Crippen molar-refractivity contribution in [2.24, 2.45) is 0 Å². The van der Waals surface area contributed by atoms with E-state index in [9.17, 15) is 9.59 Å². The Labute approximate surface area is 183 Å². The first kappa shape index (κ1) is 20.8. The van der Waals surface area contributed by atoms with Gasteiger partial charge in [0.25, 0.3) is 5.91 Å². The normalized spacial score (nSPS) is 19.0. The lowest BCUT2D eigenvalue weighted by molar-refractivity contribution is 0.0854. The zero-order valence-electron chi connectivity index (χ0n) is 16.3. The van der Waals surface area contributed by atoms with E-state index in [-0.39, 0.29) is 23.7 Å². The van der Waals surface area contributed by atoms with Gasteiger partial charge in [0.05, 0.1) is 6.10 Å². The first-order valence-electron chi connectivity index (χ1n) is 9.89. The first-order chi connectivity index (χ1) is 14.6. The summed E-state index contributed by atoms with van der Waals surface area (Å²) in [6, 6.07) is 7.42. The van der Waals surface area contributed by atoms with Crippen LogP contribution in [0.15, 0.2) is 24.3 Å². The van der Waals surface area contributed by atoms with E-state index < -0.39 is 0 Å². The smallest absolute Gasteiger partial charge is 0.322 e. The lowest BCUT2D eigenvalue weighted by Crippen LogP contribution is -2.50. The standard InChI is InChI=1S/C19H23ClN6O3S/c20-13-3-1-4-14(11-13)25-6-8-26(9-7-25)19(28)22-18-16(23-24-30-18)17(27)21-12-15-5-2-10-29-15/h1,3-4,11,15H,2,5-10,12H2,(H,21,27)(H,22,28). The lowest BCUT2D eigenvalue weighted by atomic mass is 10.2. The number of nitrogens with one attached hydrogen (secondary N) is 2. The summed E-state index contributed by atoms with van der Waals surface area (Å²) in [4.78, 5) is 29.0. The van der Waals surface area contributed by atoms with Crippen molar-refractivity contribution in [1.29, 1.82) is 0 Å². The average molecular weight is 451 g/mol. The monoisotopic (exact) mass is 450 g/mol. The molecule has 0 saturated carbocycles. The number of hydrogen-bond donors (Lipinski definition) is 2. The molecule has 2 aliphatic heterocycles. The van der Waals surface area contributed by atoms with Crippen molar-refractivity contribution in [3.63, 3.8) is 0 Å². The van der Waals surface area contributed by atoms with E-state index in [2.05, 4.69) is 25.1 Å². The fraction of sp³-hybridized carbons (Fsp3) is 0.474. The molecule has 2 saturated heterocycles. The number of urea groups is 1. The highest BCUT2D eigenvalue weighted by Gasteiger charge is 2.25. The van der Waals surface area contributed by atoms with Gasteiger partial charge in [-0.3, -0.25) is 10.1 Å².